The Hall–Kier alpha value is -3.08. The summed E-state index contributed by atoms with van der Waals surface area (Å²) in [6.45, 7) is 3.41. The Balaban J connectivity index is 1.39. The van der Waals surface area contributed by atoms with Gasteiger partial charge in [-0.15, -0.1) is 0 Å². The molecule has 0 bridgehead atoms. The van der Waals surface area contributed by atoms with Gasteiger partial charge in [0, 0.05) is 30.0 Å². The van der Waals surface area contributed by atoms with Crippen molar-refractivity contribution >= 4 is 27.9 Å². The first kappa shape index (κ1) is 16.1. The number of hydrogen-bond acceptors (Lipinski definition) is 3. The van der Waals surface area contributed by atoms with Crippen molar-refractivity contribution in [2.24, 2.45) is 0 Å². The Morgan fingerprint density at radius 2 is 2.11 bits per heavy atom. The van der Waals surface area contributed by atoms with Crippen LogP contribution in [-0.2, 0) is 0 Å². The van der Waals surface area contributed by atoms with Crippen LogP contribution in [0.15, 0.2) is 52.9 Å². The summed E-state index contributed by atoms with van der Waals surface area (Å²) < 4.78 is 5.61. The van der Waals surface area contributed by atoms with Gasteiger partial charge in [-0.25, -0.2) is 4.98 Å². The molecule has 3 heterocycles. The summed E-state index contributed by atoms with van der Waals surface area (Å²) in [5, 5.41) is 0.976. The van der Waals surface area contributed by atoms with Gasteiger partial charge in [0.2, 0.25) is 0 Å². The van der Waals surface area contributed by atoms with E-state index in [4.69, 9.17) is 9.40 Å². The van der Waals surface area contributed by atoms with Gasteiger partial charge >= 0.3 is 0 Å². The van der Waals surface area contributed by atoms with Crippen LogP contribution in [0.5, 0.6) is 0 Å². The molecule has 1 fully saturated rings. The molecular weight excluding hydrogens is 338 g/mol. The lowest BCUT2D eigenvalue weighted by Gasteiger charge is -2.32. The maximum Gasteiger partial charge on any atom is 0.253 e. The van der Waals surface area contributed by atoms with E-state index < -0.39 is 0 Å². The minimum Gasteiger partial charge on any atom is -0.461 e. The molecule has 2 aromatic heterocycles. The highest BCUT2D eigenvalue weighted by molar-refractivity contribution is 5.98. The van der Waals surface area contributed by atoms with Crippen molar-refractivity contribution in [2.75, 3.05) is 13.1 Å². The van der Waals surface area contributed by atoms with Crippen molar-refractivity contribution in [3.05, 3.63) is 65.7 Å². The molecule has 0 saturated carbocycles. The van der Waals surface area contributed by atoms with Gasteiger partial charge in [-0.05, 0) is 56.2 Å². The number of aryl methyl sites for hydroxylation is 1. The number of furan rings is 1. The largest absolute Gasteiger partial charge is 0.461 e. The van der Waals surface area contributed by atoms with E-state index in [1.54, 1.807) is 0 Å². The standard InChI is InChI=1S/C22H21N3O2/c1-14-11-17-12-15(8-9-20(17)27-14)22(26)25-10-4-5-16(13-25)21-23-18-6-2-3-7-19(18)24-21/h2-3,6-9,11-12,16H,4-5,10,13H2,1H3,(H,23,24)/t16-/m1/s1. The fraction of sp³-hybridized carbons (Fsp3) is 0.273. The number of aromatic nitrogens is 2. The average molecular weight is 359 g/mol. The normalized spacial score (nSPS) is 17.7. The van der Waals surface area contributed by atoms with E-state index in [9.17, 15) is 4.79 Å². The molecular formula is C22H21N3O2. The predicted molar refractivity (Wildman–Crippen MR) is 105 cm³/mol. The van der Waals surface area contributed by atoms with Crippen LogP contribution in [0.4, 0.5) is 0 Å². The van der Waals surface area contributed by atoms with Crippen LogP contribution in [0.2, 0.25) is 0 Å². The quantitative estimate of drug-likeness (QED) is 0.567. The van der Waals surface area contributed by atoms with Gasteiger partial charge in [0.15, 0.2) is 0 Å². The molecule has 1 aliphatic rings. The number of fused-ring (bicyclic) bond motifs is 2. The third-order valence-corrected chi connectivity index (χ3v) is 5.39. The number of aromatic amines is 1. The molecule has 0 radical (unpaired) electrons. The lowest BCUT2D eigenvalue weighted by Crippen LogP contribution is -2.39. The zero-order valence-corrected chi connectivity index (χ0v) is 15.2. The van der Waals surface area contributed by atoms with E-state index in [2.05, 4.69) is 4.98 Å². The van der Waals surface area contributed by atoms with Crippen LogP contribution < -0.4 is 0 Å². The van der Waals surface area contributed by atoms with Crippen molar-refractivity contribution < 1.29 is 9.21 Å². The lowest BCUT2D eigenvalue weighted by molar-refractivity contribution is 0.0705. The Morgan fingerprint density at radius 1 is 1.22 bits per heavy atom. The molecule has 5 rings (SSSR count). The van der Waals surface area contributed by atoms with Crippen LogP contribution in [0.25, 0.3) is 22.0 Å². The highest BCUT2D eigenvalue weighted by atomic mass is 16.3. The number of rotatable bonds is 2. The second-order valence-corrected chi connectivity index (χ2v) is 7.34. The molecule has 27 heavy (non-hydrogen) atoms. The van der Waals surface area contributed by atoms with Gasteiger partial charge in [0.05, 0.1) is 11.0 Å². The lowest BCUT2D eigenvalue weighted by atomic mass is 9.96. The minimum absolute atomic E-state index is 0.0802. The number of benzene rings is 2. The van der Waals surface area contributed by atoms with Crippen molar-refractivity contribution in [1.29, 1.82) is 0 Å². The number of piperidine rings is 1. The number of likely N-dealkylation sites (tertiary alicyclic amines) is 1. The first-order valence-electron chi connectivity index (χ1n) is 9.41. The molecule has 1 N–H and O–H groups in total. The van der Waals surface area contributed by atoms with Gasteiger partial charge in [0.25, 0.3) is 5.91 Å². The van der Waals surface area contributed by atoms with Gasteiger partial charge < -0.3 is 14.3 Å². The molecule has 5 nitrogen and oxygen atoms in total. The van der Waals surface area contributed by atoms with Crippen LogP contribution in [-0.4, -0.2) is 33.9 Å². The molecule has 0 aliphatic carbocycles. The summed E-state index contributed by atoms with van der Waals surface area (Å²) in [6, 6.07) is 15.7. The van der Waals surface area contributed by atoms with Crippen molar-refractivity contribution in [3.63, 3.8) is 0 Å². The minimum atomic E-state index is 0.0802. The first-order valence-corrected chi connectivity index (χ1v) is 9.41. The number of imidazole rings is 1. The Morgan fingerprint density at radius 3 is 3.00 bits per heavy atom. The van der Waals surface area contributed by atoms with E-state index in [1.165, 1.54) is 0 Å². The SMILES string of the molecule is Cc1cc2cc(C(=O)N3CCC[C@@H](c4nc5ccccc5[nH]4)C3)ccc2o1. The second-order valence-electron chi connectivity index (χ2n) is 7.34. The van der Waals surface area contributed by atoms with E-state index in [1.807, 2.05) is 60.4 Å². The maximum atomic E-state index is 13.1. The Labute approximate surface area is 157 Å². The third kappa shape index (κ3) is 2.89. The smallest absolute Gasteiger partial charge is 0.253 e. The number of H-pyrrole nitrogens is 1. The summed E-state index contributed by atoms with van der Waals surface area (Å²) in [4.78, 5) is 23.2. The zero-order valence-electron chi connectivity index (χ0n) is 15.2. The number of carbonyl (C=O) groups is 1. The summed E-state index contributed by atoms with van der Waals surface area (Å²) in [6.07, 6.45) is 2.03. The number of nitrogens with one attached hydrogen (secondary N) is 1. The number of carbonyl (C=O) groups excluding carboxylic acids is 1. The highest BCUT2D eigenvalue weighted by Crippen LogP contribution is 2.28. The molecule has 0 spiro atoms. The third-order valence-electron chi connectivity index (χ3n) is 5.39. The van der Waals surface area contributed by atoms with Gasteiger partial charge in [-0.3, -0.25) is 4.79 Å². The molecule has 0 unspecified atom stereocenters. The van der Waals surface area contributed by atoms with Gasteiger partial charge in [-0.1, -0.05) is 12.1 Å². The molecule has 1 saturated heterocycles. The van der Waals surface area contributed by atoms with Gasteiger partial charge in [0.1, 0.15) is 17.2 Å². The Bertz CT molecular complexity index is 1110. The fourth-order valence-corrected chi connectivity index (χ4v) is 4.04. The van der Waals surface area contributed by atoms with Crippen LogP contribution in [0.1, 0.15) is 40.7 Å². The number of nitrogens with zero attached hydrogens (tertiary/aromatic N) is 2. The Kier molecular flexibility index (Phi) is 3.74. The predicted octanol–water partition coefficient (Wildman–Crippen LogP) is 4.64. The summed E-state index contributed by atoms with van der Waals surface area (Å²) in [5.41, 5.74) is 3.57. The maximum absolute atomic E-state index is 13.1. The second kappa shape index (κ2) is 6.27. The van der Waals surface area contributed by atoms with Crippen molar-refractivity contribution in [2.45, 2.75) is 25.7 Å². The van der Waals surface area contributed by atoms with Crippen LogP contribution >= 0.6 is 0 Å². The van der Waals surface area contributed by atoms with E-state index in [0.29, 0.717) is 12.1 Å². The molecule has 4 aromatic rings. The highest BCUT2D eigenvalue weighted by Gasteiger charge is 2.27. The van der Waals surface area contributed by atoms with E-state index in [-0.39, 0.29) is 11.8 Å². The van der Waals surface area contributed by atoms with Crippen molar-refractivity contribution in [3.8, 4) is 0 Å². The summed E-state index contributed by atoms with van der Waals surface area (Å²) in [7, 11) is 0. The molecule has 136 valence electrons. The first-order chi connectivity index (χ1) is 13.2. The number of hydrogen-bond donors (Lipinski definition) is 1. The molecule has 2 aromatic carbocycles. The fourth-order valence-electron chi connectivity index (χ4n) is 4.04. The molecule has 1 aliphatic heterocycles. The van der Waals surface area contributed by atoms with Crippen LogP contribution in [0.3, 0.4) is 0 Å². The number of para-hydroxylation sites is 2. The van der Waals surface area contributed by atoms with E-state index in [0.717, 1.165) is 53.0 Å². The summed E-state index contributed by atoms with van der Waals surface area (Å²) in [5.74, 6) is 2.17. The zero-order chi connectivity index (χ0) is 18.4. The topological polar surface area (TPSA) is 62.1 Å². The molecule has 1 atom stereocenters. The van der Waals surface area contributed by atoms with E-state index >= 15 is 0 Å². The van der Waals surface area contributed by atoms with Crippen molar-refractivity contribution in [1.82, 2.24) is 14.9 Å². The van der Waals surface area contributed by atoms with Gasteiger partial charge in [-0.2, -0.15) is 0 Å². The molecule has 1 amide bonds. The van der Waals surface area contributed by atoms with Crippen LogP contribution in [0, 0.1) is 6.92 Å². The monoisotopic (exact) mass is 359 g/mol. The number of amides is 1. The summed E-state index contributed by atoms with van der Waals surface area (Å²) >= 11 is 0. The molecule has 5 heteroatoms. The average Bonchev–Trinajstić information content (AvgIpc) is 3.29.